The van der Waals surface area contributed by atoms with Gasteiger partial charge in [0, 0.05) is 5.39 Å². The zero-order valence-corrected chi connectivity index (χ0v) is 19.0. The minimum Gasteiger partial charge on any atom is -0.207 e. The lowest BCUT2D eigenvalue weighted by atomic mass is 9.78. The van der Waals surface area contributed by atoms with E-state index in [-0.39, 0.29) is 11.6 Å². The molecule has 0 saturated heterocycles. The Kier molecular flexibility index (Phi) is 7.73. The fourth-order valence-electron chi connectivity index (χ4n) is 5.20. The molecular weight excluding hydrogens is 398 g/mol. The highest BCUT2D eigenvalue weighted by Crippen LogP contribution is 2.34. The largest absolute Gasteiger partial charge is 0.207 e. The lowest BCUT2D eigenvalue weighted by Crippen LogP contribution is -2.15. The van der Waals surface area contributed by atoms with Gasteiger partial charge in [-0.15, -0.1) is 6.58 Å². The Hall–Kier alpha value is -2.48. The molecule has 0 radical (unpaired) electrons. The predicted molar refractivity (Wildman–Crippen MR) is 131 cm³/mol. The molecule has 3 aromatic rings. The summed E-state index contributed by atoms with van der Waals surface area (Å²) in [5.74, 6) is 1.37. The molecule has 1 aliphatic carbocycles. The Balaban J connectivity index is 1.33. The third-order valence-electron chi connectivity index (χ3n) is 7.28. The van der Waals surface area contributed by atoms with Crippen molar-refractivity contribution in [2.45, 2.75) is 64.2 Å². The standard InChI is InChI=1S/C30H34F2/c1-2-3-4-22-5-7-23(8-6-22)9-10-25-14-20-29-27(21-25)17-16-26(30(29)32)15-11-24-12-18-28(31)19-13-24/h2,12-14,16-23H,1,3-11,15H2. The Labute approximate surface area is 191 Å². The zero-order valence-electron chi connectivity index (χ0n) is 19.0. The second-order valence-electron chi connectivity index (χ2n) is 9.51. The van der Waals surface area contributed by atoms with E-state index in [1.807, 2.05) is 24.3 Å². The fourth-order valence-corrected chi connectivity index (χ4v) is 5.20. The molecule has 0 aliphatic heterocycles. The summed E-state index contributed by atoms with van der Waals surface area (Å²) in [6.07, 6.45) is 13.6. The van der Waals surface area contributed by atoms with E-state index in [0.29, 0.717) is 18.2 Å². The minimum atomic E-state index is -0.238. The molecule has 1 fully saturated rings. The summed E-state index contributed by atoms with van der Waals surface area (Å²) in [4.78, 5) is 0. The molecule has 2 heteroatoms. The second kappa shape index (κ2) is 10.9. The van der Waals surface area contributed by atoms with Crippen molar-refractivity contribution in [3.05, 3.63) is 95.6 Å². The number of fused-ring (bicyclic) bond motifs is 1. The normalized spacial score (nSPS) is 18.7. The number of hydrogen-bond acceptors (Lipinski definition) is 0. The van der Waals surface area contributed by atoms with Crippen molar-refractivity contribution in [3.8, 4) is 0 Å². The summed E-state index contributed by atoms with van der Waals surface area (Å²) in [7, 11) is 0. The third kappa shape index (κ3) is 5.85. The van der Waals surface area contributed by atoms with Gasteiger partial charge in [0.2, 0.25) is 0 Å². The van der Waals surface area contributed by atoms with E-state index < -0.39 is 0 Å². The van der Waals surface area contributed by atoms with Crippen LogP contribution in [0.4, 0.5) is 8.78 Å². The van der Waals surface area contributed by atoms with E-state index in [0.717, 1.165) is 41.2 Å². The molecule has 3 aromatic carbocycles. The molecule has 0 bridgehead atoms. The summed E-state index contributed by atoms with van der Waals surface area (Å²) < 4.78 is 28.2. The summed E-state index contributed by atoms with van der Waals surface area (Å²) in [6.45, 7) is 3.84. The first-order valence-corrected chi connectivity index (χ1v) is 12.2. The van der Waals surface area contributed by atoms with Gasteiger partial charge >= 0.3 is 0 Å². The molecule has 1 aliphatic rings. The molecule has 0 atom stereocenters. The Morgan fingerprint density at radius 2 is 1.44 bits per heavy atom. The predicted octanol–water partition coefficient (Wildman–Crippen LogP) is 8.61. The molecule has 0 aromatic heterocycles. The maximum Gasteiger partial charge on any atom is 0.134 e. The molecule has 32 heavy (non-hydrogen) atoms. The zero-order chi connectivity index (χ0) is 22.3. The van der Waals surface area contributed by atoms with Gasteiger partial charge in [-0.1, -0.05) is 74.2 Å². The van der Waals surface area contributed by atoms with Crippen molar-refractivity contribution in [1.29, 1.82) is 0 Å². The van der Waals surface area contributed by atoms with Crippen LogP contribution in [-0.4, -0.2) is 0 Å². The van der Waals surface area contributed by atoms with Gasteiger partial charge in [0.1, 0.15) is 11.6 Å². The minimum absolute atomic E-state index is 0.117. The second-order valence-corrected chi connectivity index (χ2v) is 9.51. The quantitative estimate of drug-likeness (QED) is 0.297. The van der Waals surface area contributed by atoms with Crippen LogP contribution in [-0.2, 0) is 19.3 Å². The number of allylic oxidation sites excluding steroid dienone is 1. The van der Waals surface area contributed by atoms with E-state index in [1.165, 1.54) is 56.2 Å². The van der Waals surface area contributed by atoms with Crippen LogP contribution in [0, 0.1) is 23.5 Å². The van der Waals surface area contributed by atoms with Gasteiger partial charge in [-0.25, -0.2) is 8.78 Å². The van der Waals surface area contributed by atoms with Gasteiger partial charge in [-0.2, -0.15) is 0 Å². The van der Waals surface area contributed by atoms with Crippen molar-refractivity contribution in [2.24, 2.45) is 11.8 Å². The third-order valence-corrected chi connectivity index (χ3v) is 7.28. The van der Waals surface area contributed by atoms with Crippen LogP contribution >= 0.6 is 0 Å². The summed E-state index contributed by atoms with van der Waals surface area (Å²) in [5.41, 5.74) is 3.06. The Bertz CT molecular complexity index is 1030. The number of halogens is 2. The van der Waals surface area contributed by atoms with Crippen molar-refractivity contribution in [2.75, 3.05) is 0 Å². The molecule has 0 heterocycles. The van der Waals surface area contributed by atoms with Crippen LogP contribution in [0.15, 0.2) is 67.3 Å². The molecule has 168 valence electrons. The first kappa shape index (κ1) is 22.7. The van der Waals surface area contributed by atoms with E-state index in [1.54, 1.807) is 12.1 Å². The highest BCUT2D eigenvalue weighted by molar-refractivity contribution is 5.84. The van der Waals surface area contributed by atoms with Crippen LogP contribution in [0.1, 0.15) is 61.6 Å². The first-order chi connectivity index (χ1) is 15.6. The van der Waals surface area contributed by atoms with Crippen molar-refractivity contribution < 1.29 is 8.78 Å². The first-order valence-electron chi connectivity index (χ1n) is 12.2. The number of aryl methyl sites for hydroxylation is 3. The smallest absolute Gasteiger partial charge is 0.134 e. The van der Waals surface area contributed by atoms with Crippen molar-refractivity contribution >= 4 is 10.8 Å². The lowest BCUT2D eigenvalue weighted by molar-refractivity contribution is 0.254. The monoisotopic (exact) mass is 432 g/mol. The average Bonchev–Trinajstić information content (AvgIpc) is 2.82. The van der Waals surface area contributed by atoms with E-state index in [4.69, 9.17) is 0 Å². The summed E-state index contributed by atoms with van der Waals surface area (Å²) in [5, 5.41) is 1.69. The number of rotatable bonds is 9. The van der Waals surface area contributed by atoms with Gasteiger partial charge in [0.25, 0.3) is 0 Å². The lowest BCUT2D eigenvalue weighted by Gasteiger charge is -2.28. The maximum absolute atomic E-state index is 15.1. The van der Waals surface area contributed by atoms with E-state index >= 15 is 4.39 Å². The van der Waals surface area contributed by atoms with Gasteiger partial charge in [0.05, 0.1) is 0 Å². The average molecular weight is 433 g/mol. The molecule has 1 saturated carbocycles. The summed E-state index contributed by atoms with van der Waals surface area (Å²) >= 11 is 0. The van der Waals surface area contributed by atoms with Crippen LogP contribution < -0.4 is 0 Å². The van der Waals surface area contributed by atoms with Crippen LogP contribution in [0.25, 0.3) is 10.8 Å². The highest BCUT2D eigenvalue weighted by atomic mass is 19.1. The Morgan fingerprint density at radius 1 is 0.750 bits per heavy atom. The number of hydrogen-bond donors (Lipinski definition) is 0. The van der Waals surface area contributed by atoms with Gasteiger partial charge in [-0.3, -0.25) is 0 Å². The highest BCUT2D eigenvalue weighted by Gasteiger charge is 2.20. The molecule has 0 unspecified atom stereocenters. The van der Waals surface area contributed by atoms with Crippen molar-refractivity contribution in [1.82, 2.24) is 0 Å². The molecule has 0 spiro atoms. The summed E-state index contributed by atoms with van der Waals surface area (Å²) in [6, 6.07) is 16.6. The van der Waals surface area contributed by atoms with E-state index in [9.17, 15) is 4.39 Å². The molecule has 0 N–H and O–H groups in total. The SMILES string of the molecule is C=CCCC1CCC(CCc2ccc3c(F)c(CCc4ccc(F)cc4)ccc3c2)CC1. The molecule has 4 rings (SSSR count). The van der Waals surface area contributed by atoms with Gasteiger partial charge in [-0.05, 0) is 84.6 Å². The van der Waals surface area contributed by atoms with Crippen LogP contribution in [0.3, 0.4) is 0 Å². The van der Waals surface area contributed by atoms with Gasteiger partial charge < -0.3 is 0 Å². The maximum atomic E-state index is 15.1. The molecular formula is C30H34F2. The van der Waals surface area contributed by atoms with Gasteiger partial charge in [0.15, 0.2) is 0 Å². The number of benzene rings is 3. The van der Waals surface area contributed by atoms with E-state index in [2.05, 4.69) is 18.7 Å². The molecule has 0 nitrogen and oxygen atoms in total. The topological polar surface area (TPSA) is 0 Å². The Morgan fingerprint density at radius 3 is 2.16 bits per heavy atom. The fraction of sp³-hybridized carbons (Fsp3) is 0.400. The van der Waals surface area contributed by atoms with Crippen LogP contribution in [0.2, 0.25) is 0 Å². The molecule has 0 amide bonds. The van der Waals surface area contributed by atoms with Crippen molar-refractivity contribution in [3.63, 3.8) is 0 Å². The van der Waals surface area contributed by atoms with Crippen LogP contribution in [0.5, 0.6) is 0 Å².